The molecule has 0 unspecified atom stereocenters. The quantitative estimate of drug-likeness (QED) is 0.878. The number of hydrogen-bond donors (Lipinski definition) is 2. The van der Waals surface area contributed by atoms with Crippen molar-refractivity contribution in [2.75, 3.05) is 10.6 Å². The normalized spacial score (nSPS) is 15.0. The van der Waals surface area contributed by atoms with Crippen LogP contribution in [0.15, 0.2) is 24.4 Å². The molecule has 5 heteroatoms. The largest absolute Gasteiger partial charge is 0.366 e. The molecule has 2 aromatic rings. The van der Waals surface area contributed by atoms with Crippen molar-refractivity contribution in [2.45, 2.75) is 52.0 Å². The summed E-state index contributed by atoms with van der Waals surface area (Å²) in [6.07, 6.45) is 7.68. The number of aryl methyl sites for hydroxylation is 2. The lowest BCUT2D eigenvalue weighted by atomic mass is 10.1. The molecule has 0 saturated heterocycles. The minimum absolute atomic E-state index is 0.522. The van der Waals surface area contributed by atoms with Gasteiger partial charge in [-0.2, -0.15) is 10.1 Å². The third-order valence-electron chi connectivity index (χ3n) is 4.24. The number of para-hydroxylation sites is 1. The second-order valence-electron chi connectivity index (χ2n) is 5.88. The standard InChI is InChI=1S/C17H23N5/c1-3-13-8-6-7-12(2)16(13)21-17-20-15(11-18-22-17)19-14-9-4-5-10-14/h6-8,11,14H,3-5,9-10H2,1-2H3,(H2,19,20,21,22). The number of aromatic nitrogens is 3. The van der Waals surface area contributed by atoms with Crippen LogP contribution in [-0.2, 0) is 6.42 Å². The summed E-state index contributed by atoms with van der Waals surface area (Å²) in [4.78, 5) is 4.55. The highest BCUT2D eigenvalue weighted by atomic mass is 15.3. The molecule has 2 N–H and O–H groups in total. The molecule has 1 fully saturated rings. The van der Waals surface area contributed by atoms with E-state index in [9.17, 15) is 0 Å². The van der Waals surface area contributed by atoms with Crippen LogP contribution in [-0.4, -0.2) is 21.2 Å². The smallest absolute Gasteiger partial charge is 0.249 e. The van der Waals surface area contributed by atoms with E-state index in [1.54, 1.807) is 6.20 Å². The minimum Gasteiger partial charge on any atom is -0.366 e. The first-order valence-electron chi connectivity index (χ1n) is 8.08. The fourth-order valence-corrected chi connectivity index (χ4v) is 3.02. The van der Waals surface area contributed by atoms with Crippen LogP contribution in [0.25, 0.3) is 0 Å². The van der Waals surface area contributed by atoms with Gasteiger partial charge in [0.15, 0.2) is 5.82 Å². The van der Waals surface area contributed by atoms with Crippen molar-refractivity contribution in [3.05, 3.63) is 35.5 Å². The van der Waals surface area contributed by atoms with Gasteiger partial charge in [0.25, 0.3) is 0 Å². The van der Waals surface area contributed by atoms with E-state index in [-0.39, 0.29) is 0 Å². The average molecular weight is 297 g/mol. The van der Waals surface area contributed by atoms with E-state index in [0.29, 0.717) is 12.0 Å². The summed E-state index contributed by atoms with van der Waals surface area (Å²) in [7, 11) is 0. The zero-order valence-electron chi connectivity index (χ0n) is 13.3. The second kappa shape index (κ2) is 6.73. The second-order valence-corrected chi connectivity index (χ2v) is 5.88. The molecular formula is C17H23N5. The van der Waals surface area contributed by atoms with Gasteiger partial charge in [0.2, 0.25) is 5.95 Å². The maximum atomic E-state index is 4.55. The van der Waals surface area contributed by atoms with E-state index < -0.39 is 0 Å². The molecule has 0 bridgehead atoms. The monoisotopic (exact) mass is 297 g/mol. The Bertz CT molecular complexity index is 635. The van der Waals surface area contributed by atoms with Gasteiger partial charge in [0.1, 0.15) is 0 Å². The lowest BCUT2D eigenvalue weighted by Crippen LogP contribution is -2.16. The average Bonchev–Trinajstić information content (AvgIpc) is 3.02. The summed E-state index contributed by atoms with van der Waals surface area (Å²) in [5, 5.41) is 15.0. The number of hydrogen-bond acceptors (Lipinski definition) is 5. The van der Waals surface area contributed by atoms with Crippen LogP contribution < -0.4 is 10.6 Å². The maximum Gasteiger partial charge on any atom is 0.249 e. The minimum atomic E-state index is 0.522. The summed E-state index contributed by atoms with van der Waals surface area (Å²) in [6, 6.07) is 6.82. The van der Waals surface area contributed by atoms with Crippen molar-refractivity contribution in [2.24, 2.45) is 0 Å². The van der Waals surface area contributed by atoms with Gasteiger partial charge in [-0.3, -0.25) is 0 Å². The summed E-state index contributed by atoms with van der Waals surface area (Å²) >= 11 is 0. The summed E-state index contributed by atoms with van der Waals surface area (Å²) in [5.41, 5.74) is 3.54. The van der Waals surface area contributed by atoms with Gasteiger partial charge < -0.3 is 10.6 Å². The number of benzene rings is 1. The molecule has 0 atom stereocenters. The first-order chi connectivity index (χ1) is 10.8. The Balaban J connectivity index is 1.78. The fourth-order valence-electron chi connectivity index (χ4n) is 3.02. The predicted molar refractivity (Wildman–Crippen MR) is 89.5 cm³/mol. The fraction of sp³-hybridized carbons (Fsp3) is 0.471. The molecule has 0 amide bonds. The van der Waals surface area contributed by atoms with Gasteiger partial charge >= 0.3 is 0 Å². The van der Waals surface area contributed by atoms with E-state index in [1.165, 1.54) is 36.8 Å². The molecule has 0 aliphatic heterocycles. The van der Waals surface area contributed by atoms with Gasteiger partial charge in [-0.05, 0) is 37.3 Å². The summed E-state index contributed by atoms with van der Waals surface area (Å²) < 4.78 is 0. The Morgan fingerprint density at radius 1 is 1.23 bits per heavy atom. The third kappa shape index (κ3) is 3.35. The Hall–Kier alpha value is -2.17. The first-order valence-corrected chi connectivity index (χ1v) is 8.08. The van der Waals surface area contributed by atoms with E-state index in [0.717, 1.165) is 17.9 Å². The van der Waals surface area contributed by atoms with Crippen molar-refractivity contribution in [1.29, 1.82) is 0 Å². The molecule has 1 aromatic carbocycles. The molecule has 1 aromatic heterocycles. The number of rotatable bonds is 5. The molecule has 22 heavy (non-hydrogen) atoms. The van der Waals surface area contributed by atoms with Gasteiger partial charge in [-0.1, -0.05) is 38.0 Å². The molecule has 1 aliphatic carbocycles. The molecule has 1 heterocycles. The van der Waals surface area contributed by atoms with Crippen LogP contribution in [0.4, 0.5) is 17.5 Å². The number of nitrogens with one attached hydrogen (secondary N) is 2. The van der Waals surface area contributed by atoms with E-state index in [4.69, 9.17) is 0 Å². The van der Waals surface area contributed by atoms with Crippen LogP contribution in [0.5, 0.6) is 0 Å². The Morgan fingerprint density at radius 2 is 2.05 bits per heavy atom. The molecule has 116 valence electrons. The van der Waals surface area contributed by atoms with Crippen LogP contribution in [0.3, 0.4) is 0 Å². The highest BCUT2D eigenvalue weighted by Gasteiger charge is 2.15. The van der Waals surface area contributed by atoms with Crippen molar-refractivity contribution >= 4 is 17.5 Å². The number of anilines is 3. The molecule has 0 radical (unpaired) electrons. The van der Waals surface area contributed by atoms with Gasteiger partial charge in [-0.15, -0.1) is 5.10 Å². The van der Waals surface area contributed by atoms with Crippen molar-refractivity contribution < 1.29 is 0 Å². The van der Waals surface area contributed by atoms with Crippen LogP contribution in [0.2, 0.25) is 0 Å². The van der Waals surface area contributed by atoms with Gasteiger partial charge in [0.05, 0.1) is 6.20 Å². The molecule has 1 saturated carbocycles. The number of nitrogens with zero attached hydrogens (tertiary/aromatic N) is 3. The Kier molecular flexibility index (Phi) is 4.51. The highest BCUT2D eigenvalue weighted by Crippen LogP contribution is 2.25. The topological polar surface area (TPSA) is 62.7 Å². The third-order valence-corrected chi connectivity index (χ3v) is 4.24. The maximum absolute atomic E-state index is 4.55. The van der Waals surface area contributed by atoms with Crippen molar-refractivity contribution in [3.8, 4) is 0 Å². The Morgan fingerprint density at radius 3 is 2.82 bits per heavy atom. The Labute approximate surface area is 131 Å². The summed E-state index contributed by atoms with van der Waals surface area (Å²) in [6.45, 7) is 4.24. The van der Waals surface area contributed by atoms with Crippen LogP contribution in [0.1, 0.15) is 43.7 Å². The van der Waals surface area contributed by atoms with E-state index in [1.807, 2.05) is 0 Å². The SMILES string of the molecule is CCc1cccc(C)c1Nc1nncc(NC2CCCC2)n1. The van der Waals surface area contributed by atoms with Crippen LogP contribution in [0, 0.1) is 6.92 Å². The molecule has 0 spiro atoms. The predicted octanol–water partition coefficient (Wildman–Crippen LogP) is 3.84. The lowest BCUT2D eigenvalue weighted by Gasteiger charge is -2.15. The van der Waals surface area contributed by atoms with Crippen molar-refractivity contribution in [1.82, 2.24) is 15.2 Å². The van der Waals surface area contributed by atoms with Gasteiger partial charge in [-0.25, -0.2) is 0 Å². The lowest BCUT2D eigenvalue weighted by molar-refractivity contribution is 0.747. The molecule has 3 rings (SSSR count). The zero-order chi connectivity index (χ0) is 15.4. The molecular weight excluding hydrogens is 274 g/mol. The van der Waals surface area contributed by atoms with Crippen LogP contribution >= 0.6 is 0 Å². The molecule has 5 nitrogen and oxygen atoms in total. The van der Waals surface area contributed by atoms with E-state index >= 15 is 0 Å². The molecule has 1 aliphatic rings. The zero-order valence-corrected chi connectivity index (χ0v) is 13.3. The first kappa shape index (κ1) is 14.8. The highest BCUT2D eigenvalue weighted by molar-refractivity contribution is 5.63. The summed E-state index contributed by atoms with van der Waals surface area (Å²) in [5.74, 6) is 1.35. The van der Waals surface area contributed by atoms with E-state index in [2.05, 4.69) is 57.9 Å². The van der Waals surface area contributed by atoms with Crippen molar-refractivity contribution in [3.63, 3.8) is 0 Å². The van der Waals surface area contributed by atoms with Gasteiger partial charge in [0, 0.05) is 11.7 Å².